The maximum atomic E-state index is 4.77. The lowest BCUT2D eigenvalue weighted by Gasteiger charge is -2.11. The number of para-hydroxylation sites is 2. The van der Waals surface area contributed by atoms with Crippen LogP contribution in [0.25, 0.3) is 49.4 Å². The summed E-state index contributed by atoms with van der Waals surface area (Å²) < 4.78 is 2.42. The van der Waals surface area contributed by atoms with E-state index < -0.39 is 0 Å². The first-order valence-electron chi connectivity index (χ1n) is 10.7. The first-order chi connectivity index (χ1) is 14.6. The summed E-state index contributed by atoms with van der Waals surface area (Å²) in [5.41, 5.74) is 8.79. The summed E-state index contributed by atoms with van der Waals surface area (Å²) in [6.07, 6.45) is 3.11. The van der Waals surface area contributed by atoms with Gasteiger partial charge in [-0.3, -0.25) is 4.98 Å². The van der Waals surface area contributed by atoms with Gasteiger partial charge in [0.15, 0.2) is 0 Å². The Morgan fingerprint density at radius 3 is 2.37 bits per heavy atom. The van der Waals surface area contributed by atoms with Crippen LogP contribution < -0.4 is 0 Å². The first-order valence-corrected chi connectivity index (χ1v) is 10.7. The van der Waals surface area contributed by atoms with Crippen LogP contribution in [0, 0.1) is 12.8 Å². The zero-order valence-electron chi connectivity index (χ0n) is 17.6. The molecule has 0 unspecified atom stereocenters. The highest BCUT2D eigenvalue weighted by Gasteiger charge is 2.17. The zero-order valence-corrected chi connectivity index (χ0v) is 17.6. The average molecular weight is 389 g/mol. The van der Waals surface area contributed by atoms with Gasteiger partial charge in [0.05, 0.1) is 22.2 Å². The van der Waals surface area contributed by atoms with Crippen molar-refractivity contribution < 1.29 is 0 Å². The van der Waals surface area contributed by atoms with Crippen molar-refractivity contribution in [2.24, 2.45) is 5.92 Å². The molecule has 0 spiro atoms. The van der Waals surface area contributed by atoms with E-state index in [2.05, 4.69) is 91.9 Å². The molecule has 6 rings (SSSR count). The predicted octanol–water partition coefficient (Wildman–Crippen LogP) is 7.41. The Hall–Kier alpha value is -3.39. The lowest BCUT2D eigenvalue weighted by Crippen LogP contribution is -1.98. The summed E-state index contributed by atoms with van der Waals surface area (Å²) in [5.74, 6) is 0.635. The van der Waals surface area contributed by atoms with E-state index in [1.54, 1.807) is 0 Å². The Bertz CT molecular complexity index is 1550. The minimum atomic E-state index is 0.635. The number of benzene rings is 3. The SMILES string of the molecule is Cc1cnc(-c2ccc3c(c2)c2cccc4c5ccccc5n3c42)cc1CC(C)C. The normalized spacial score (nSPS) is 12.3. The Kier molecular flexibility index (Phi) is 3.67. The lowest BCUT2D eigenvalue weighted by atomic mass is 9.97. The van der Waals surface area contributed by atoms with Gasteiger partial charge in [-0.1, -0.05) is 56.3 Å². The predicted molar refractivity (Wildman–Crippen MR) is 128 cm³/mol. The van der Waals surface area contributed by atoms with Crippen LogP contribution in [-0.4, -0.2) is 9.38 Å². The standard InChI is InChI=1S/C28H24N2/c1-17(2)13-20-15-25(29-16-18(20)3)19-11-12-27-24(14-19)23-9-6-8-22-21-7-4-5-10-26(21)30(27)28(22)23/h4-12,14-17H,13H2,1-3H3. The largest absolute Gasteiger partial charge is 0.308 e. The third-order valence-electron chi connectivity index (χ3n) is 6.36. The third-order valence-corrected chi connectivity index (χ3v) is 6.36. The highest BCUT2D eigenvalue weighted by atomic mass is 14.9. The Morgan fingerprint density at radius 2 is 1.53 bits per heavy atom. The number of hydrogen-bond acceptors (Lipinski definition) is 1. The molecule has 0 aliphatic rings. The molecule has 0 fully saturated rings. The highest BCUT2D eigenvalue weighted by Crippen LogP contribution is 2.39. The summed E-state index contributed by atoms with van der Waals surface area (Å²) in [6.45, 7) is 6.71. The molecule has 0 aliphatic carbocycles. The number of aromatic nitrogens is 2. The molecule has 0 amide bonds. The average Bonchev–Trinajstić information content (AvgIpc) is 3.26. The number of fused-ring (bicyclic) bond motifs is 6. The lowest BCUT2D eigenvalue weighted by molar-refractivity contribution is 0.644. The molecule has 0 radical (unpaired) electrons. The first kappa shape index (κ1) is 17.5. The van der Waals surface area contributed by atoms with Gasteiger partial charge in [-0.2, -0.15) is 0 Å². The summed E-state index contributed by atoms with van der Waals surface area (Å²) in [5, 5.41) is 5.26. The molecule has 6 aromatic rings. The van der Waals surface area contributed by atoms with E-state index in [-0.39, 0.29) is 0 Å². The van der Waals surface area contributed by atoms with Gasteiger partial charge in [0.1, 0.15) is 0 Å². The third kappa shape index (κ3) is 2.40. The molecular formula is C28H24N2. The molecular weight excluding hydrogens is 364 g/mol. The van der Waals surface area contributed by atoms with Crippen LogP contribution in [0.1, 0.15) is 25.0 Å². The molecule has 3 aromatic carbocycles. The summed E-state index contributed by atoms with van der Waals surface area (Å²) in [6, 6.07) is 24.5. The zero-order chi connectivity index (χ0) is 20.4. The van der Waals surface area contributed by atoms with Gasteiger partial charge in [0, 0.05) is 33.3 Å². The van der Waals surface area contributed by atoms with E-state index >= 15 is 0 Å². The maximum Gasteiger partial charge on any atom is 0.0705 e. The molecule has 2 heteroatoms. The van der Waals surface area contributed by atoms with Gasteiger partial charge in [0.25, 0.3) is 0 Å². The summed E-state index contributed by atoms with van der Waals surface area (Å²) in [4.78, 5) is 4.77. The maximum absolute atomic E-state index is 4.77. The van der Waals surface area contributed by atoms with Crippen molar-refractivity contribution in [2.75, 3.05) is 0 Å². The second-order valence-corrected chi connectivity index (χ2v) is 8.88. The second kappa shape index (κ2) is 6.30. The van der Waals surface area contributed by atoms with Crippen molar-refractivity contribution in [3.63, 3.8) is 0 Å². The number of nitrogens with zero attached hydrogens (tertiary/aromatic N) is 2. The summed E-state index contributed by atoms with van der Waals surface area (Å²) >= 11 is 0. The molecule has 0 bridgehead atoms. The van der Waals surface area contributed by atoms with Crippen LogP contribution in [-0.2, 0) is 6.42 Å². The topological polar surface area (TPSA) is 17.3 Å². The van der Waals surface area contributed by atoms with Gasteiger partial charge in [-0.25, -0.2) is 0 Å². The Balaban J connectivity index is 1.63. The van der Waals surface area contributed by atoms with Gasteiger partial charge >= 0.3 is 0 Å². The highest BCUT2D eigenvalue weighted by molar-refractivity contribution is 6.23. The van der Waals surface area contributed by atoms with Crippen molar-refractivity contribution in [1.29, 1.82) is 0 Å². The van der Waals surface area contributed by atoms with Crippen LogP contribution in [0.3, 0.4) is 0 Å². The van der Waals surface area contributed by atoms with Gasteiger partial charge < -0.3 is 4.40 Å². The smallest absolute Gasteiger partial charge is 0.0705 e. The molecule has 0 saturated carbocycles. The van der Waals surface area contributed by atoms with Gasteiger partial charge in [-0.15, -0.1) is 0 Å². The Morgan fingerprint density at radius 1 is 0.800 bits per heavy atom. The van der Waals surface area contributed by atoms with Gasteiger partial charge in [0.2, 0.25) is 0 Å². The number of aryl methyl sites for hydroxylation is 1. The van der Waals surface area contributed by atoms with Crippen LogP contribution in [0.15, 0.2) is 72.9 Å². The van der Waals surface area contributed by atoms with E-state index in [1.165, 1.54) is 54.8 Å². The Labute approximate surface area is 176 Å². The molecule has 0 atom stereocenters. The van der Waals surface area contributed by atoms with E-state index in [9.17, 15) is 0 Å². The summed E-state index contributed by atoms with van der Waals surface area (Å²) in [7, 11) is 0. The molecule has 2 nitrogen and oxygen atoms in total. The minimum Gasteiger partial charge on any atom is -0.308 e. The van der Waals surface area contributed by atoms with E-state index in [0.29, 0.717) is 5.92 Å². The molecule has 0 N–H and O–H groups in total. The van der Waals surface area contributed by atoms with Crippen LogP contribution >= 0.6 is 0 Å². The number of rotatable bonds is 3. The molecule has 0 saturated heterocycles. The molecule has 0 aliphatic heterocycles. The van der Waals surface area contributed by atoms with Crippen LogP contribution in [0.2, 0.25) is 0 Å². The van der Waals surface area contributed by atoms with E-state index in [1.807, 2.05) is 6.20 Å². The minimum absolute atomic E-state index is 0.635. The van der Waals surface area contributed by atoms with E-state index in [4.69, 9.17) is 4.98 Å². The second-order valence-electron chi connectivity index (χ2n) is 8.88. The fourth-order valence-corrected chi connectivity index (χ4v) is 4.98. The fraction of sp³-hybridized carbons (Fsp3) is 0.179. The van der Waals surface area contributed by atoms with Crippen molar-refractivity contribution in [2.45, 2.75) is 27.2 Å². The van der Waals surface area contributed by atoms with Crippen LogP contribution in [0.5, 0.6) is 0 Å². The molecule has 146 valence electrons. The van der Waals surface area contributed by atoms with Crippen molar-refractivity contribution in [1.82, 2.24) is 9.38 Å². The van der Waals surface area contributed by atoms with Crippen LogP contribution in [0.4, 0.5) is 0 Å². The van der Waals surface area contributed by atoms with E-state index in [0.717, 1.165) is 12.1 Å². The van der Waals surface area contributed by atoms with Crippen molar-refractivity contribution in [3.8, 4) is 11.3 Å². The molecule has 3 heterocycles. The number of hydrogen-bond donors (Lipinski definition) is 0. The van der Waals surface area contributed by atoms with Crippen molar-refractivity contribution in [3.05, 3.63) is 84.1 Å². The fourth-order valence-electron chi connectivity index (χ4n) is 4.98. The van der Waals surface area contributed by atoms with Crippen molar-refractivity contribution >= 4 is 38.1 Å². The van der Waals surface area contributed by atoms with Gasteiger partial charge in [-0.05, 0) is 54.7 Å². The quantitative estimate of drug-likeness (QED) is 0.309. The molecule has 30 heavy (non-hydrogen) atoms. The molecule has 3 aromatic heterocycles. The monoisotopic (exact) mass is 388 g/mol. The number of pyridine rings is 1.